The molecule has 1 saturated heterocycles. The SMILES string of the molecule is COCCCOCCN1CCC(CNC(C)C)CC1. The number of nitrogens with zero attached hydrogens (tertiary/aromatic N) is 1. The van der Waals surface area contributed by atoms with Gasteiger partial charge < -0.3 is 19.7 Å². The first-order chi connectivity index (χ1) is 9.22. The van der Waals surface area contributed by atoms with Crippen molar-refractivity contribution in [3.05, 3.63) is 0 Å². The molecule has 19 heavy (non-hydrogen) atoms. The van der Waals surface area contributed by atoms with Crippen LogP contribution < -0.4 is 5.32 Å². The van der Waals surface area contributed by atoms with Crippen molar-refractivity contribution in [2.24, 2.45) is 5.92 Å². The van der Waals surface area contributed by atoms with E-state index in [2.05, 4.69) is 24.1 Å². The summed E-state index contributed by atoms with van der Waals surface area (Å²) >= 11 is 0. The van der Waals surface area contributed by atoms with Gasteiger partial charge in [-0.3, -0.25) is 0 Å². The number of piperidine rings is 1. The molecule has 1 heterocycles. The van der Waals surface area contributed by atoms with Crippen molar-refractivity contribution >= 4 is 0 Å². The standard InChI is InChI=1S/C15H32N2O2/c1-14(2)16-13-15-5-7-17(8-6-15)9-12-19-11-4-10-18-3/h14-16H,4-13H2,1-3H3. The Morgan fingerprint density at radius 3 is 2.53 bits per heavy atom. The number of methoxy groups -OCH3 is 1. The highest BCUT2D eigenvalue weighted by atomic mass is 16.5. The van der Waals surface area contributed by atoms with Crippen LogP contribution in [-0.4, -0.2) is 64.1 Å². The third-order valence-electron chi connectivity index (χ3n) is 3.71. The summed E-state index contributed by atoms with van der Waals surface area (Å²) in [4.78, 5) is 2.53. The molecule has 0 bridgehead atoms. The fourth-order valence-electron chi connectivity index (χ4n) is 2.42. The normalized spacial score (nSPS) is 18.3. The predicted octanol–water partition coefficient (Wildman–Crippen LogP) is 1.75. The number of nitrogens with one attached hydrogen (secondary N) is 1. The molecule has 4 heteroatoms. The minimum absolute atomic E-state index is 0.610. The average molecular weight is 272 g/mol. The second kappa shape index (κ2) is 10.6. The Hall–Kier alpha value is -0.160. The second-order valence-corrected chi connectivity index (χ2v) is 5.81. The van der Waals surface area contributed by atoms with E-state index in [1.165, 1.54) is 32.5 Å². The van der Waals surface area contributed by atoms with Gasteiger partial charge >= 0.3 is 0 Å². The van der Waals surface area contributed by atoms with E-state index in [-0.39, 0.29) is 0 Å². The molecule has 0 saturated carbocycles. The van der Waals surface area contributed by atoms with Crippen LogP contribution in [0.4, 0.5) is 0 Å². The van der Waals surface area contributed by atoms with Crippen molar-refractivity contribution in [3.8, 4) is 0 Å². The fraction of sp³-hybridized carbons (Fsp3) is 1.00. The summed E-state index contributed by atoms with van der Waals surface area (Å²) in [6.45, 7) is 11.6. The van der Waals surface area contributed by atoms with E-state index in [0.29, 0.717) is 6.04 Å². The molecule has 1 rings (SSSR count). The first-order valence-electron chi connectivity index (χ1n) is 7.74. The molecule has 0 aromatic carbocycles. The first kappa shape index (κ1) is 16.9. The largest absolute Gasteiger partial charge is 0.385 e. The molecule has 0 unspecified atom stereocenters. The van der Waals surface area contributed by atoms with Gasteiger partial charge in [-0.25, -0.2) is 0 Å². The van der Waals surface area contributed by atoms with E-state index in [4.69, 9.17) is 9.47 Å². The lowest BCUT2D eigenvalue weighted by Gasteiger charge is -2.32. The number of hydrogen-bond acceptors (Lipinski definition) is 4. The molecule has 1 fully saturated rings. The van der Waals surface area contributed by atoms with Crippen LogP contribution in [0.5, 0.6) is 0 Å². The van der Waals surface area contributed by atoms with E-state index in [9.17, 15) is 0 Å². The smallest absolute Gasteiger partial charge is 0.0593 e. The summed E-state index contributed by atoms with van der Waals surface area (Å²) in [5, 5.41) is 3.55. The van der Waals surface area contributed by atoms with Crippen LogP contribution in [0.1, 0.15) is 33.1 Å². The lowest BCUT2D eigenvalue weighted by molar-refractivity contribution is 0.0736. The molecular formula is C15H32N2O2. The van der Waals surface area contributed by atoms with Gasteiger partial charge in [0.15, 0.2) is 0 Å². The first-order valence-corrected chi connectivity index (χ1v) is 7.74. The maximum Gasteiger partial charge on any atom is 0.0593 e. The van der Waals surface area contributed by atoms with Crippen molar-refractivity contribution in [1.82, 2.24) is 10.2 Å². The van der Waals surface area contributed by atoms with Gasteiger partial charge in [-0.2, -0.15) is 0 Å². The average Bonchev–Trinajstić information content (AvgIpc) is 2.41. The molecule has 4 nitrogen and oxygen atoms in total. The monoisotopic (exact) mass is 272 g/mol. The highest BCUT2D eigenvalue weighted by Gasteiger charge is 2.18. The summed E-state index contributed by atoms with van der Waals surface area (Å²) in [6.07, 6.45) is 3.65. The Balaban J connectivity index is 1.94. The third-order valence-corrected chi connectivity index (χ3v) is 3.71. The van der Waals surface area contributed by atoms with Crippen molar-refractivity contribution < 1.29 is 9.47 Å². The van der Waals surface area contributed by atoms with Crippen LogP contribution >= 0.6 is 0 Å². The molecular weight excluding hydrogens is 240 g/mol. The molecule has 0 aromatic rings. The summed E-state index contributed by atoms with van der Waals surface area (Å²) in [6, 6.07) is 0.610. The van der Waals surface area contributed by atoms with Crippen LogP contribution in [0.2, 0.25) is 0 Å². The molecule has 1 aliphatic heterocycles. The van der Waals surface area contributed by atoms with Gasteiger partial charge in [0.1, 0.15) is 0 Å². The fourth-order valence-corrected chi connectivity index (χ4v) is 2.42. The van der Waals surface area contributed by atoms with E-state index in [1.807, 2.05) is 0 Å². The highest BCUT2D eigenvalue weighted by Crippen LogP contribution is 2.16. The summed E-state index contributed by atoms with van der Waals surface area (Å²) < 4.78 is 10.6. The van der Waals surface area contributed by atoms with Crippen molar-refractivity contribution in [1.29, 1.82) is 0 Å². The molecule has 0 aromatic heterocycles. The van der Waals surface area contributed by atoms with Gasteiger partial charge in [0.05, 0.1) is 6.61 Å². The molecule has 0 radical (unpaired) electrons. The molecule has 0 spiro atoms. The van der Waals surface area contributed by atoms with Crippen LogP contribution in [0.25, 0.3) is 0 Å². The van der Waals surface area contributed by atoms with Gasteiger partial charge in [0.2, 0.25) is 0 Å². The minimum atomic E-state index is 0.610. The van der Waals surface area contributed by atoms with E-state index in [1.54, 1.807) is 7.11 Å². The maximum absolute atomic E-state index is 5.61. The van der Waals surface area contributed by atoms with Crippen LogP contribution in [0, 0.1) is 5.92 Å². The quantitative estimate of drug-likeness (QED) is 0.614. The maximum atomic E-state index is 5.61. The molecule has 1 N–H and O–H groups in total. The summed E-state index contributed by atoms with van der Waals surface area (Å²) in [5.74, 6) is 0.862. The Morgan fingerprint density at radius 2 is 1.89 bits per heavy atom. The topological polar surface area (TPSA) is 33.7 Å². The molecule has 114 valence electrons. The Bertz CT molecular complexity index is 204. The molecule has 0 aliphatic carbocycles. The number of hydrogen-bond donors (Lipinski definition) is 1. The van der Waals surface area contributed by atoms with E-state index < -0.39 is 0 Å². The van der Waals surface area contributed by atoms with Gasteiger partial charge in [0.25, 0.3) is 0 Å². The second-order valence-electron chi connectivity index (χ2n) is 5.81. The Labute approximate surface area is 118 Å². The molecule has 1 aliphatic rings. The summed E-state index contributed by atoms with van der Waals surface area (Å²) in [5.41, 5.74) is 0. The van der Waals surface area contributed by atoms with Gasteiger partial charge in [0, 0.05) is 32.9 Å². The third kappa shape index (κ3) is 8.58. The zero-order chi connectivity index (χ0) is 13.9. The van der Waals surface area contributed by atoms with Gasteiger partial charge in [-0.15, -0.1) is 0 Å². The lowest BCUT2D eigenvalue weighted by atomic mass is 9.96. The lowest BCUT2D eigenvalue weighted by Crippen LogP contribution is -2.40. The van der Waals surface area contributed by atoms with Gasteiger partial charge in [-0.05, 0) is 44.8 Å². The summed E-state index contributed by atoms with van der Waals surface area (Å²) in [7, 11) is 1.73. The predicted molar refractivity (Wildman–Crippen MR) is 79.6 cm³/mol. The highest BCUT2D eigenvalue weighted by molar-refractivity contribution is 4.74. The number of ether oxygens (including phenoxy) is 2. The Morgan fingerprint density at radius 1 is 1.16 bits per heavy atom. The number of rotatable bonds is 10. The minimum Gasteiger partial charge on any atom is -0.385 e. The van der Waals surface area contributed by atoms with E-state index >= 15 is 0 Å². The Kier molecular flexibility index (Phi) is 9.43. The molecule has 0 atom stereocenters. The van der Waals surface area contributed by atoms with Crippen LogP contribution in [0.15, 0.2) is 0 Å². The zero-order valence-corrected chi connectivity index (χ0v) is 13.0. The van der Waals surface area contributed by atoms with Crippen molar-refractivity contribution in [3.63, 3.8) is 0 Å². The number of likely N-dealkylation sites (tertiary alicyclic amines) is 1. The molecule has 0 amide bonds. The van der Waals surface area contributed by atoms with Gasteiger partial charge in [-0.1, -0.05) is 13.8 Å². The van der Waals surface area contributed by atoms with E-state index in [0.717, 1.165) is 38.7 Å². The van der Waals surface area contributed by atoms with Crippen molar-refractivity contribution in [2.45, 2.75) is 39.2 Å². The zero-order valence-electron chi connectivity index (χ0n) is 13.0. The van der Waals surface area contributed by atoms with Crippen molar-refractivity contribution in [2.75, 3.05) is 53.1 Å². The van der Waals surface area contributed by atoms with Crippen LogP contribution in [-0.2, 0) is 9.47 Å². The van der Waals surface area contributed by atoms with Crippen LogP contribution in [0.3, 0.4) is 0 Å².